The fourth-order valence-electron chi connectivity index (χ4n) is 8.47. The number of hydrogen-bond donors (Lipinski definition) is 3. The summed E-state index contributed by atoms with van der Waals surface area (Å²) in [5.74, 6) is -0.204. The maximum absolute atomic E-state index is 13.0. The smallest absolute Gasteiger partial charge is 0.387 e. The second kappa shape index (κ2) is 55.9. The second-order valence-corrected chi connectivity index (χ2v) is 23.2. The van der Waals surface area contributed by atoms with Gasteiger partial charge in [-0.3, -0.25) is 13.8 Å². The van der Waals surface area contributed by atoms with Crippen molar-refractivity contribution in [3.63, 3.8) is 0 Å². The third-order valence-electron chi connectivity index (χ3n) is 13.2. The SMILES string of the molecule is CC/C=C\C/C=C\C/C=C\C/C=C\C/C=C\C/C=C\C/C=C\C/C=C\CCCCCCC(=O)NC(COP(=O)(O)OCC[N+](C)(C)C)C(O)/C=C/CCCCCCCCCCCCCCCCCCCCCCCC. The van der Waals surface area contributed by atoms with Crippen LogP contribution in [0.1, 0.15) is 251 Å². The lowest BCUT2D eigenvalue weighted by molar-refractivity contribution is -0.870. The van der Waals surface area contributed by atoms with Crippen molar-refractivity contribution in [2.45, 2.75) is 264 Å². The number of nitrogens with one attached hydrogen (secondary N) is 1. The molecule has 432 valence electrons. The number of carbonyl (C=O) groups excluding carboxylic acids is 1. The lowest BCUT2D eigenvalue weighted by Crippen LogP contribution is -2.45. The number of allylic oxidation sites excluding steroid dienone is 17. The molecule has 0 rings (SSSR count). The van der Waals surface area contributed by atoms with Gasteiger partial charge in [0.2, 0.25) is 5.91 Å². The van der Waals surface area contributed by atoms with Crippen LogP contribution in [0, 0.1) is 0 Å². The quantitative estimate of drug-likeness (QED) is 0.0243. The van der Waals surface area contributed by atoms with Crippen molar-refractivity contribution in [3.8, 4) is 0 Å². The van der Waals surface area contributed by atoms with Crippen LogP contribution in [0.4, 0.5) is 0 Å². The first kappa shape index (κ1) is 72.2. The molecule has 8 nitrogen and oxygen atoms in total. The number of carbonyl (C=O) groups is 1. The Morgan fingerprint density at radius 2 is 0.800 bits per heavy atom. The van der Waals surface area contributed by atoms with Crippen LogP contribution < -0.4 is 5.32 Å². The van der Waals surface area contributed by atoms with Gasteiger partial charge in [0.25, 0.3) is 0 Å². The molecule has 0 spiro atoms. The van der Waals surface area contributed by atoms with E-state index in [0.717, 1.165) is 103 Å². The molecule has 0 radical (unpaired) electrons. The van der Waals surface area contributed by atoms with E-state index >= 15 is 0 Å². The number of aliphatic hydroxyl groups excluding tert-OH is 1. The number of amides is 1. The third-order valence-corrected chi connectivity index (χ3v) is 14.2. The van der Waals surface area contributed by atoms with Crippen molar-refractivity contribution in [3.05, 3.63) is 109 Å². The molecule has 0 aromatic heterocycles. The molecule has 3 atom stereocenters. The lowest BCUT2D eigenvalue weighted by Gasteiger charge is -2.25. The summed E-state index contributed by atoms with van der Waals surface area (Å²) in [6.45, 7) is 4.69. The average Bonchev–Trinajstić information content (AvgIpc) is 3.37. The molecule has 0 saturated carbocycles. The number of nitrogens with zero attached hydrogens (tertiary/aromatic N) is 1. The largest absolute Gasteiger partial charge is 0.472 e. The first-order valence-corrected chi connectivity index (χ1v) is 32.3. The van der Waals surface area contributed by atoms with Gasteiger partial charge >= 0.3 is 7.82 Å². The van der Waals surface area contributed by atoms with E-state index in [9.17, 15) is 19.4 Å². The zero-order chi connectivity index (χ0) is 54.9. The molecule has 0 fully saturated rings. The number of phosphoric acid groups is 1. The Bertz CT molecular complexity index is 1590. The molecule has 0 aromatic carbocycles. The van der Waals surface area contributed by atoms with Gasteiger partial charge in [-0.1, -0.05) is 271 Å². The molecule has 0 aliphatic carbocycles. The predicted molar refractivity (Wildman–Crippen MR) is 327 cm³/mol. The van der Waals surface area contributed by atoms with Crippen molar-refractivity contribution < 1.29 is 32.9 Å². The zero-order valence-electron chi connectivity index (χ0n) is 49.3. The van der Waals surface area contributed by atoms with Gasteiger partial charge in [-0.15, -0.1) is 0 Å². The Hall–Kier alpha value is -2.84. The van der Waals surface area contributed by atoms with E-state index in [0.29, 0.717) is 17.4 Å². The van der Waals surface area contributed by atoms with E-state index in [4.69, 9.17) is 9.05 Å². The van der Waals surface area contributed by atoms with E-state index in [2.05, 4.69) is 116 Å². The van der Waals surface area contributed by atoms with Crippen LogP contribution >= 0.6 is 7.82 Å². The van der Waals surface area contributed by atoms with Crippen molar-refractivity contribution in [1.29, 1.82) is 0 Å². The maximum Gasteiger partial charge on any atom is 0.472 e. The Kier molecular flexibility index (Phi) is 53.8. The Morgan fingerprint density at radius 1 is 0.467 bits per heavy atom. The van der Waals surface area contributed by atoms with Crippen LogP contribution in [0.25, 0.3) is 0 Å². The number of quaternary nitrogens is 1. The molecule has 1 amide bonds. The van der Waals surface area contributed by atoms with Gasteiger partial charge < -0.3 is 19.8 Å². The van der Waals surface area contributed by atoms with E-state index in [1.165, 1.54) is 128 Å². The van der Waals surface area contributed by atoms with Crippen LogP contribution in [0.5, 0.6) is 0 Å². The predicted octanol–water partition coefficient (Wildman–Crippen LogP) is 19.2. The van der Waals surface area contributed by atoms with Crippen LogP contribution in [-0.2, 0) is 18.4 Å². The zero-order valence-corrected chi connectivity index (χ0v) is 50.1. The highest BCUT2D eigenvalue weighted by Crippen LogP contribution is 2.43. The first-order chi connectivity index (χ1) is 36.5. The molecule has 0 heterocycles. The van der Waals surface area contributed by atoms with Crippen LogP contribution in [0.15, 0.2) is 109 Å². The highest BCUT2D eigenvalue weighted by molar-refractivity contribution is 7.47. The molecule has 0 aromatic rings. The van der Waals surface area contributed by atoms with Crippen LogP contribution in [0.3, 0.4) is 0 Å². The van der Waals surface area contributed by atoms with Crippen molar-refractivity contribution in [2.75, 3.05) is 40.9 Å². The molecule has 0 aliphatic rings. The summed E-state index contributed by atoms with van der Waals surface area (Å²) < 4.78 is 23.7. The summed E-state index contributed by atoms with van der Waals surface area (Å²) in [6, 6.07) is -0.870. The molecule has 75 heavy (non-hydrogen) atoms. The highest BCUT2D eigenvalue weighted by atomic mass is 31.2. The topological polar surface area (TPSA) is 105 Å². The first-order valence-electron chi connectivity index (χ1n) is 30.8. The van der Waals surface area contributed by atoms with Crippen molar-refractivity contribution >= 4 is 13.7 Å². The molecular weight excluding hydrogens is 948 g/mol. The van der Waals surface area contributed by atoms with Crippen LogP contribution in [-0.4, -0.2) is 73.4 Å². The van der Waals surface area contributed by atoms with Crippen molar-refractivity contribution in [1.82, 2.24) is 5.32 Å². The summed E-state index contributed by atoms with van der Waals surface area (Å²) in [7, 11) is 1.54. The summed E-state index contributed by atoms with van der Waals surface area (Å²) in [5, 5.41) is 14.0. The number of unbranched alkanes of at least 4 members (excludes halogenated alkanes) is 26. The van der Waals surface area contributed by atoms with E-state index in [1.54, 1.807) is 6.08 Å². The highest BCUT2D eigenvalue weighted by Gasteiger charge is 2.27. The van der Waals surface area contributed by atoms with E-state index in [1.807, 2.05) is 27.2 Å². The van der Waals surface area contributed by atoms with Gasteiger partial charge in [0.1, 0.15) is 13.2 Å². The minimum atomic E-state index is -4.37. The molecule has 9 heteroatoms. The number of aliphatic hydroxyl groups is 1. The summed E-state index contributed by atoms with van der Waals surface area (Å²) in [5.41, 5.74) is 0. The fraction of sp³-hybridized carbons (Fsp3) is 0.712. The Balaban J connectivity index is 4.29. The number of phosphoric ester groups is 1. The Labute approximate surface area is 463 Å². The minimum Gasteiger partial charge on any atom is -0.387 e. The third kappa shape index (κ3) is 58.7. The number of likely N-dealkylation sites (N-methyl/N-ethyl adjacent to an activating group) is 1. The van der Waals surface area contributed by atoms with Gasteiger partial charge in [-0.25, -0.2) is 4.57 Å². The standard InChI is InChI=1S/C66H117N2O6P/c1-6-8-10-12-14-16-18-20-22-24-26-28-30-32-33-34-35-36-38-40-42-44-46-48-50-52-54-56-58-60-66(70)67-64(63-74-75(71,72)73-62-61-68(3,4)5)65(69)59-57-55-53-51-49-47-45-43-41-39-37-31-29-27-25-23-21-19-17-15-13-11-9-7-2/h8,10,14,16,20,22,26,28,32-33,35-36,40,42,46,48,57,59,64-65,69H,6-7,9,11-13,15,17-19,21,23-25,27,29-31,34,37-39,41,43-45,47,49-56,58,60-63H2,1-5H3,(H-,67,70,71,72)/p+1/b10-8-,16-14-,22-20-,28-26-,33-32-,36-35-,42-40-,48-46-,59-57+. The molecule has 0 saturated heterocycles. The number of rotatable bonds is 55. The molecule has 3 N–H and O–H groups in total. The Morgan fingerprint density at radius 3 is 1.17 bits per heavy atom. The normalized spacial score (nSPS) is 14.6. The summed E-state index contributed by atoms with van der Waals surface area (Å²) >= 11 is 0. The van der Waals surface area contributed by atoms with E-state index in [-0.39, 0.29) is 19.1 Å². The van der Waals surface area contributed by atoms with Gasteiger partial charge in [0, 0.05) is 6.42 Å². The minimum absolute atomic E-state index is 0.0505. The molecular formula is C66H118N2O6P+. The van der Waals surface area contributed by atoms with E-state index < -0.39 is 20.0 Å². The van der Waals surface area contributed by atoms with Crippen molar-refractivity contribution in [2.24, 2.45) is 0 Å². The maximum atomic E-state index is 13.0. The summed E-state index contributed by atoms with van der Waals surface area (Å²) in [4.78, 5) is 23.3. The number of hydrogen-bond acceptors (Lipinski definition) is 5. The summed E-state index contributed by atoms with van der Waals surface area (Å²) in [6.07, 6.45) is 81.9. The second-order valence-electron chi connectivity index (χ2n) is 21.7. The van der Waals surface area contributed by atoms with Gasteiger partial charge in [-0.2, -0.15) is 0 Å². The van der Waals surface area contributed by atoms with Gasteiger partial charge in [-0.05, 0) is 83.5 Å². The van der Waals surface area contributed by atoms with Gasteiger partial charge in [0.15, 0.2) is 0 Å². The molecule has 3 unspecified atom stereocenters. The lowest BCUT2D eigenvalue weighted by atomic mass is 10.0. The average molecular weight is 1070 g/mol. The monoisotopic (exact) mass is 1070 g/mol. The van der Waals surface area contributed by atoms with Gasteiger partial charge in [0.05, 0.1) is 39.9 Å². The molecule has 0 aliphatic heterocycles. The molecule has 0 bridgehead atoms. The fourth-order valence-corrected chi connectivity index (χ4v) is 9.21. The van der Waals surface area contributed by atoms with Crippen LogP contribution in [0.2, 0.25) is 0 Å².